The summed E-state index contributed by atoms with van der Waals surface area (Å²) in [7, 11) is 0. The van der Waals surface area contributed by atoms with Crippen molar-refractivity contribution in [1.29, 1.82) is 0 Å². The number of hydrogen-bond donors (Lipinski definition) is 1. The minimum Gasteiger partial charge on any atom is -0.454 e. The molecule has 0 aliphatic carbocycles. The van der Waals surface area contributed by atoms with E-state index < -0.39 is 0 Å². The summed E-state index contributed by atoms with van der Waals surface area (Å²) >= 11 is 0. The molecule has 4 rings (SSSR count). The molecule has 0 radical (unpaired) electrons. The van der Waals surface area contributed by atoms with Crippen LogP contribution in [0.3, 0.4) is 0 Å². The Morgan fingerprint density at radius 2 is 2.20 bits per heavy atom. The van der Waals surface area contributed by atoms with Crippen LogP contribution in [0.4, 0.5) is 0 Å². The average Bonchev–Trinajstić information content (AvgIpc) is 3.42. The molecular formula is C21H28N6O3. The van der Waals surface area contributed by atoms with Gasteiger partial charge in [-0.05, 0) is 37.3 Å². The van der Waals surface area contributed by atoms with Crippen LogP contribution >= 0.6 is 0 Å². The van der Waals surface area contributed by atoms with Crippen molar-refractivity contribution < 1.29 is 9.21 Å². The van der Waals surface area contributed by atoms with Crippen LogP contribution in [0.5, 0.6) is 0 Å². The predicted molar refractivity (Wildman–Crippen MR) is 110 cm³/mol. The molecule has 3 aromatic heterocycles. The van der Waals surface area contributed by atoms with Gasteiger partial charge in [-0.15, -0.1) is 0 Å². The molecule has 0 spiro atoms. The van der Waals surface area contributed by atoms with Crippen LogP contribution in [0.2, 0.25) is 0 Å². The summed E-state index contributed by atoms with van der Waals surface area (Å²) in [5.74, 6) is 2.09. The standard InChI is InChI=1S/C21H28N6O3/c1-15(2)7-11-27-21(29)26-10-8-16(3-6-19(26)24-27)23-20(28)18-5-4-17(30-18)13-25-12-9-22-14-25/h4-5,9,12,14-16H,3,6-8,10-11,13H2,1-2H3,(H,23,28). The second kappa shape index (κ2) is 8.73. The molecule has 0 aromatic carbocycles. The molecule has 0 saturated heterocycles. The molecule has 1 unspecified atom stereocenters. The number of nitrogens with zero attached hydrogens (tertiary/aromatic N) is 5. The van der Waals surface area contributed by atoms with Gasteiger partial charge in [0.1, 0.15) is 11.6 Å². The van der Waals surface area contributed by atoms with Gasteiger partial charge < -0.3 is 14.3 Å². The molecule has 0 saturated carbocycles. The molecule has 1 N–H and O–H groups in total. The zero-order valence-corrected chi connectivity index (χ0v) is 17.5. The molecule has 1 aliphatic heterocycles. The number of hydrogen-bond acceptors (Lipinski definition) is 5. The van der Waals surface area contributed by atoms with Crippen molar-refractivity contribution in [1.82, 2.24) is 29.2 Å². The Balaban J connectivity index is 1.34. The van der Waals surface area contributed by atoms with Crippen LogP contribution in [0, 0.1) is 5.92 Å². The van der Waals surface area contributed by atoms with E-state index in [9.17, 15) is 9.59 Å². The third kappa shape index (κ3) is 4.55. The molecule has 0 fully saturated rings. The summed E-state index contributed by atoms with van der Waals surface area (Å²) in [4.78, 5) is 29.2. The highest BCUT2D eigenvalue weighted by Crippen LogP contribution is 2.15. The molecule has 4 heterocycles. The minimum absolute atomic E-state index is 0.0232. The number of carbonyl (C=O) groups excluding carboxylic acids is 1. The number of aromatic nitrogens is 5. The Labute approximate surface area is 174 Å². The molecule has 1 aliphatic rings. The highest BCUT2D eigenvalue weighted by Gasteiger charge is 2.23. The summed E-state index contributed by atoms with van der Waals surface area (Å²) < 4.78 is 10.9. The average molecular weight is 412 g/mol. The maximum absolute atomic E-state index is 12.6. The summed E-state index contributed by atoms with van der Waals surface area (Å²) in [6.07, 6.45) is 8.28. The summed E-state index contributed by atoms with van der Waals surface area (Å²) in [6.45, 7) is 6.01. The molecular weight excluding hydrogens is 384 g/mol. The van der Waals surface area contributed by atoms with Crippen molar-refractivity contribution in [3.8, 4) is 0 Å². The second-order valence-electron chi connectivity index (χ2n) is 8.25. The SMILES string of the molecule is CC(C)CCn1nc2n(c1=O)CCC(NC(=O)c1ccc(Cn3ccnc3)o1)CC2. The molecule has 9 nitrogen and oxygen atoms in total. The Morgan fingerprint density at radius 1 is 1.33 bits per heavy atom. The van der Waals surface area contributed by atoms with Crippen molar-refractivity contribution >= 4 is 5.91 Å². The largest absolute Gasteiger partial charge is 0.454 e. The first-order valence-electron chi connectivity index (χ1n) is 10.5. The van der Waals surface area contributed by atoms with Gasteiger partial charge in [-0.2, -0.15) is 5.10 Å². The van der Waals surface area contributed by atoms with Crippen molar-refractivity contribution in [3.05, 3.63) is 58.7 Å². The summed E-state index contributed by atoms with van der Waals surface area (Å²) in [6, 6.07) is 3.47. The zero-order valence-electron chi connectivity index (χ0n) is 17.5. The van der Waals surface area contributed by atoms with Crippen LogP contribution < -0.4 is 11.0 Å². The number of carbonyl (C=O) groups is 1. The van der Waals surface area contributed by atoms with Gasteiger partial charge in [0.15, 0.2) is 5.76 Å². The van der Waals surface area contributed by atoms with Crippen molar-refractivity contribution in [3.63, 3.8) is 0 Å². The van der Waals surface area contributed by atoms with E-state index in [-0.39, 0.29) is 17.6 Å². The highest BCUT2D eigenvalue weighted by atomic mass is 16.4. The number of furan rings is 1. The smallest absolute Gasteiger partial charge is 0.345 e. The predicted octanol–water partition coefficient (Wildman–Crippen LogP) is 2.06. The van der Waals surface area contributed by atoms with Gasteiger partial charge in [-0.3, -0.25) is 9.36 Å². The maximum Gasteiger partial charge on any atom is 0.345 e. The van der Waals surface area contributed by atoms with Crippen LogP contribution in [-0.4, -0.2) is 35.8 Å². The Bertz CT molecular complexity index is 1040. The number of fused-ring (bicyclic) bond motifs is 1. The number of imidazole rings is 1. The van der Waals surface area contributed by atoms with E-state index in [1.807, 2.05) is 10.8 Å². The van der Waals surface area contributed by atoms with E-state index >= 15 is 0 Å². The van der Waals surface area contributed by atoms with Crippen molar-refractivity contribution in [2.45, 2.75) is 65.2 Å². The molecule has 30 heavy (non-hydrogen) atoms. The fourth-order valence-corrected chi connectivity index (χ4v) is 3.70. The number of aryl methyl sites for hydroxylation is 2. The monoisotopic (exact) mass is 412 g/mol. The first-order valence-corrected chi connectivity index (χ1v) is 10.5. The van der Waals surface area contributed by atoms with Gasteiger partial charge in [0.05, 0.1) is 12.9 Å². The summed E-state index contributed by atoms with van der Waals surface area (Å²) in [5, 5.41) is 7.57. The minimum atomic E-state index is -0.231. The normalized spacial score (nSPS) is 16.4. The van der Waals surface area contributed by atoms with E-state index in [4.69, 9.17) is 4.42 Å². The lowest BCUT2D eigenvalue weighted by Gasteiger charge is -2.15. The fourth-order valence-electron chi connectivity index (χ4n) is 3.70. The molecule has 3 aromatic rings. The van der Waals surface area contributed by atoms with Crippen LogP contribution in [0.1, 0.15) is 55.2 Å². The van der Waals surface area contributed by atoms with E-state index in [0.717, 1.165) is 18.7 Å². The topological polar surface area (TPSA) is 99.9 Å². The number of rotatable bonds is 7. The Hall–Kier alpha value is -3.10. The van der Waals surface area contributed by atoms with Crippen molar-refractivity contribution in [2.75, 3.05) is 0 Å². The maximum atomic E-state index is 12.6. The van der Waals surface area contributed by atoms with Gasteiger partial charge in [-0.25, -0.2) is 14.5 Å². The molecule has 9 heteroatoms. The molecule has 0 bridgehead atoms. The van der Waals surface area contributed by atoms with Crippen LogP contribution in [-0.2, 0) is 26.1 Å². The molecule has 1 amide bonds. The van der Waals surface area contributed by atoms with Gasteiger partial charge in [0.2, 0.25) is 0 Å². The van der Waals surface area contributed by atoms with Crippen molar-refractivity contribution in [2.24, 2.45) is 5.92 Å². The van der Waals surface area contributed by atoms with E-state index in [1.54, 1.807) is 33.9 Å². The van der Waals surface area contributed by atoms with Gasteiger partial charge in [0.25, 0.3) is 5.91 Å². The van der Waals surface area contributed by atoms with E-state index in [0.29, 0.717) is 49.9 Å². The number of amides is 1. The first-order chi connectivity index (χ1) is 14.5. The number of nitrogens with one attached hydrogen (secondary N) is 1. The van der Waals surface area contributed by atoms with Crippen LogP contribution in [0.25, 0.3) is 0 Å². The third-order valence-electron chi connectivity index (χ3n) is 5.45. The van der Waals surface area contributed by atoms with Gasteiger partial charge in [-0.1, -0.05) is 13.8 Å². The van der Waals surface area contributed by atoms with Crippen LogP contribution in [0.15, 0.2) is 40.1 Å². The Morgan fingerprint density at radius 3 is 2.97 bits per heavy atom. The Kier molecular flexibility index (Phi) is 5.87. The quantitative estimate of drug-likeness (QED) is 0.640. The van der Waals surface area contributed by atoms with Gasteiger partial charge >= 0.3 is 5.69 Å². The third-order valence-corrected chi connectivity index (χ3v) is 5.45. The van der Waals surface area contributed by atoms with Gasteiger partial charge in [0, 0.05) is 37.9 Å². The lowest BCUT2D eigenvalue weighted by molar-refractivity contribution is 0.0902. The molecule has 1 atom stereocenters. The molecule has 160 valence electrons. The van der Waals surface area contributed by atoms with E-state index in [1.165, 1.54) is 0 Å². The zero-order chi connectivity index (χ0) is 21.1. The lowest BCUT2D eigenvalue weighted by Crippen LogP contribution is -2.35. The second-order valence-corrected chi connectivity index (χ2v) is 8.25. The highest BCUT2D eigenvalue weighted by molar-refractivity contribution is 5.91. The summed E-state index contributed by atoms with van der Waals surface area (Å²) in [5.41, 5.74) is -0.0483. The lowest BCUT2D eigenvalue weighted by atomic mass is 10.1. The fraction of sp³-hybridized carbons (Fsp3) is 0.524. The van der Waals surface area contributed by atoms with E-state index in [2.05, 4.69) is 29.2 Å². The first kappa shape index (κ1) is 20.2.